The molecule has 0 radical (unpaired) electrons. The topological polar surface area (TPSA) is 61.4 Å². The Morgan fingerprint density at radius 2 is 1.95 bits per heavy atom. The van der Waals surface area contributed by atoms with E-state index in [2.05, 4.69) is 17.6 Å². The minimum absolute atomic E-state index is 0.101. The number of hydrogen-bond acceptors (Lipinski definition) is 3. The Morgan fingerprint density at radius 3 is 2.58 bits per heavy atom. The van der Waals surface area contributed by atoms with E-state index in [1.165, 1.54) is 12.8 Å². The van der Waals surface area contributed by atoms with E-state index >= 15 is 0 Å². The van der Waals surface area contributed by atoms with Gasteiger partial charge in [0.2, 0.25) is 5.91 Å². The van der Waals surface area contributed by atoms with Gasteiger partial charge in [0.05, 0.1) is 12.1 Å². The second-order valence-corrected chi connectivity index (χ2v) is 5.80. The largest absolute Gasteiger partial charge is 0.393 e. The fourth-order valence-electron chi connectivity index (χ4n) is 2.52. The van der Waals surface area contributed by atoms with Gasteiger partial charge in [0, 0.05) is 6.54 Å². The lowest BCUT2D eigenvalue weighted by Crippen LogP contribution is -2.44. The molecule has 0 spiro atoms. The maximum absolute atomic E-state index is 11.8. The Bertz CT molecular complexity index is 251. The standard InChI is InChI=1S/C15H30N2O2/c1-3-4-5-10-16-15(19)12(2)17-11-13-6-8-14(18)9-7-13/h12-14,17-18H,3-11H2,1-2H3,(H,16,19). The number of aliphatic hydroxyl groups is 1. The molecule has 0 aromatic rings. The highest BCUT2D eigenvalue weighted by atomic mass is 16.3. The van der Waals surface area contributed by atoms with Crippen LogP contribution >= 0.6 is 0 Å². The molecule has 0 aliphatic heterocycles. The molecule has 1 unspecified atom stereocenters. The van der Waals surface area contributed by atoms with Crippen molar-refractivity contribution in [2.45, 2.75) is 70.9 Å². The van der Waals surface area contributed by atoms with Crippen LogP contribution in [0.5, 0.6) is 0 Å². The van der Waals surface area contributed by atoms with Crippen molar-refractivity contribution in [2.75, 3.05) is 13.1 Å². The van der Waals surface area contributed by atoms with Gasteiger partial charge in [-0.25, -0.2) is 0 Å². The minimum Gasteiger partial charge on any atom is -0.393 e. The molecule has 1 aliphatic carbocycles. The first-order valence-electron chi connectivity index (χ1n) is 7.82. The van der Waals surface area contributed by atoms with Crippen LogP contribution in [-0.4, -0.2) is 36.2 Å². The van der Waals surface area contributed by atoms with E-state index in [4.69, 9.17) is 0 Å². The van der Waals surface area contributed by atoms with Crippen LogP contribution in [0.1, 0.15) is 58.8 Å². The van der Waals surface area contributed by atoms with Crippen LogP contribution in [0.25, 0.3) is 0 Å². The average molecular weight is 270 g/mol. The highest BCUT2D eigenvalue weighted by molar-refractivity contribution is 5.81. The first-order chi connectivity index (χ1) is 9.13. The lowest BCUT2D eigenvalue weighted by atomic mass is 9.87. The molecule has 0 aromatic heterocycles. The minimum atomic E-state index is -0.117. The number of rotatable bonds is 8. The van der Waals surface area contributed by atoms with Crippen molar-refractivity contribution in [3.63, 3.8) is 0 Å². The number of nitrogens with one attached hydrogen (secondary N) is 2. The van der Waals surface area contributed by atoms with E-state index < -0.39 is 0 Å². The number of amides is 1. The Morgan fingerprint density at radius 1 is 1.26 bits per heavy atom. The summed E-state index contributed by atoms with van der Waals surface area (Å²) in [6.45, 7) is 5.75. The molecule has 4 nitrogen and oxygen atoms in total. The Hall–Kier alpha value is -0.610. The number of carbonyl (C=O) groups excluding carboxylic acids is 1. The molecule has 1 rings (SSSR count). The molecular weight excluding hydrogens is 240 g/mol. The normalized spacial score (nSPS) is 25.0. The maximum Gasteiger partial charge on any atom is 0.236 e. The van der Waals surface area contributed by atoms with Crippen LogP contribution in [-0.2, 0) is 4.79 Å². The summed E-state index contributed by atoms with van der Waals surface area (Å²) in [5.74, 6) is 0.714. The third kappa shape index (κ3) is 6.92. The predicted octanol–water partition coefficient (Wildman–Crippen LogP) is 1.82. The van der Waals surface area contributed by atoms with Crippen LogP contribution < -0.4 is 10.6 Å². The van der Waals surface area contributed by atoms with Crippen LogP contribution in [0.4, 0.5) is 0 Å². The Balaban J connectivity index is 2.09. The third-order valence-electron chi connectivity index (χ3n) is 4.00. The van der Waals surface area contributed by atoms with Gasteiger partial charge in [0.1, 0.15) is 0 Å². The summed E-state index contributed by atoms with van der Waals surface area (Å²) >= 11 is 0. The van der Waals surface area contributed by atoms with Crippen molar-refractivity contribution in [1.82, 2.24) is 10.6 Å². The van der Waals surface area contributed by atoms with Gasteiger partial charge < -0.3 is 15.7 Å². The summed E-state index contributed by atoms with van der Waals surface area (Å²) in [6, 6.07) is -0.117. The summed E-state index contributed by atoms with van der Waals surface area (Å²) in [5, 5.41) is 15.7. The zero-order chi connectivity index (χ0) is 14.1. The summed E-state index contributed by atoms with van der Waals surface area (Å²) < 4.78 is 0. The second-order valence-electron chi connectivity index (χ2n) is 5.80. The van der Waals surface area contributed by atoms with Gasteiger partial charge in [-0.15, -0.1) is 0 Å². The Kier molecular flexibility index (Phi) is 8.07. The molecule has 0 saturated heterocycles. The van der Waals surface area contributed by atoms with Crippen molar-refractivity contribution < 1.29 is 9.90 Å². The lowest BCUT2D eigenvalue weighted by Gasteiger charge is -2.26. The molecule has 1 amide bonds. The van der Waals surface area contributed by atoms with E-state index in [9.17, 15) is 9.90 Å². The highest BCUT2D eigenvalue weighted by Gasteiger charge is 2.20. The monoisotopic (exact) mass is 270 g/mol. The van der Waals surface area contributed by atoms with Crippen LogP contribution in [0.15, 0.2) is 0 Å². The lowest BCUT2D eigenvalue weighted by molar-refractivity contribution is -0.122. The molecule has 0 heterocycles. The van der Waals surface area contributed by atoms with E-state index in [0.29, 0.717) is 5.92 Å². The van der Waals surface area contributed by atoms with Crippen molar-refractivity contribution in [2.24, 2.45) is 5.92 Å². The zero-order valence-electron chi connectivity index (χ0n) is 12.5. The molecule has 1 aliphatic rings. The summed E-state index contributed by atoms with van der Waals surface area (Å²) in [4.78, 5) is 11.8. The first-order valence-corrected chi connectivity index (χ1v) is 7.82. The first kappa shape index (κ1) is 16.4. The van der Waals surface area contributed by atoms with Gasteiger partial charge in [-0.1, -0.05) is 19.8 Å². The number of carbonyl (C=O) groups is 1. The molecule has 0 bridgehead atoms. The molecule has 0 aromatic carbocycles. The van der Waals surface area contributed by atoms with E-state index in [1.807, 2.05) is 6.92 Å². The van der Waals surface area contributed by atoms with Crippen LogP contribution in [0.3, 0.4) is 0 Å². The SMILES string of the molecule is CCCCCNC(=O)C(C)NCC1CCC(O)CC1. The number of aliphatic hydroxyl groups excluding tert-OH is 1. The fraction of sp³-hybridized carbons (Fsp3) is 0.933. The summed E-state index contributed by atoms with van der Waals surface area (Å²) in [5.41, 5.74) is 0. The summed E-state index contributed by atoms with van der Waals surface area (Å²) in [7, 11) is 0. The number of unbranched alkanes of at least 4 members (excludes halogenated alkanes) is 2. The van der Waals surface area contributed by atoms with Crippen molar-refractivity contribution in [3.05, 3.63) is 0 Å². The molecule has 112 valence electrons. The van der Waals surface area contributed by atoms with Crippen molar-refractivity contribution in [1.29, 1.82) is 0 Å². The van der Waals surface area contributed by atoms with Gasteiger partial charge in [0.15, 0.2) is 0 Å². The summed E-state index contributed by atoms with van der Waals surface area (Å²) in [6.07, 6.45) is 7.26. The Labute approximate surface area is 117 Å². The number of hydrogen-bond donors (Lipinski definition) is 3. The van der Waals surface area contributed by atoms with E-state index in [-0.39, 0.29) is 18.1 Å². The fourth-order valence-corrected chi connectivity index (χ4v) is 2.52. The van der Waals surface area contributed by atoms with Gasteiger partial charge in [-0.3, -0.25) is 4.79 Å². The molecule has 1 fully saturated rings. The second kappa shape index (κ2) is 9.32. The van der Waals surface area contributed by atoms with E-state index in [1.54, 1.807) is 0 Å². The van der Waals surface area contributed by atoms with Crippen molar-refractivity contribution in [3.8, 4) is 0 Å². The van der Waals surface area contributed by atoms with Gasteiger partial charge in [-0.05, 0) is 51.5 Å². The maximum atomic E-state index is 11.8. The predicted molar refractivity (Wildman–Crippen MR) is 78.0 cm³/mol. The third-order valence-corrected chi connectivity index (χ3v) is 4.00. The molecule has 1 saturated carbocycles. The van der Waals surface area contributed by atoms with Gasteiger partial charge in [-0.2, -0.15) is 0 Å². The zero-order valence-corrected chi connectivity index (χ0v) is 12.5. The van der Waals surface area contributed by atoms with Gasteiger partial charge >= 0.3 is 0 Å². The van der Waals surface area contributed by atoms with Crippen molar-refractivity contribution >= 4 is 5.91 Å². The van der Waals surface area contributed by atoms with E-state index in [0.717, 1.165) is 45.2 Å². The molecular formula is C15H30N2O2. The van der Waals surface area contributed by atoms with Crippen LogP contribution in [0.2, 0.25) is 0 Å². The smallest absolute Gasteiger partial charge is 0.236 e. The molecule has 1 atom stereocenters. The quantitative estimate of drug-likeness (QED) is 0.590. The molecule has 3 N–H and O–H groups in total. The molecule has 4 heteroatoms. The van der Waals surface area contributed by atoms with Crippen LogP contribution in [0, 0.1) is 5.92 Å². The molecule has 19 heavy (non-hydrogen) atoms. The highest BCUT2D eigenvalue weighted by Crippen LogP contribution is 2.23. The average Bonchev–Trinajstić information content (AvgIpc) is 2.42. The van der Waals surface area contributed by atoms with Gasteiger partial charge in [0.25, 0.3) is 0 Å².